The normalized spacial score (nSPS) is 11.3. The zero-order chi connectivity index (χ0) is 16.1. The minimum Gasteiger partial charge on any atom is -0.320 e. The van der Waals surface area contributed by atoms with E-state index >= 15 is 0 Å². The first-order valence-electron chi connectivity index (χ1n) is 7.62. The summed E-state index contributed by atoms with van der Waals surface area (Å²) in [5.41, 5.74) is 4.03. The third kappa shape index (κ3) is 3.85. The SMILES string of the molecule is CCn1ncc(NC(=O)/C=C/c2ccc(C(C)C)cc2)c1C. The standard InChI is InChI=1S/C18H23N3O/c1-5-21-14(4)17(12-19-21)20-18(22)11-8-15-6-9-16(10-7-15)13(2)3/h6-13H,5H2,1-4H3,(H,20,22)/b11-8+. The molecular weight excluding hydrogens is 274 g/mol. The van der Waals surface area contributed by atoms with Crippen molar-refractivity contribution < 1.29 is 4.79 Å². The Bertz CT molecular complexity index is 666. The van der Waals surface area contributed by atoms with Gasteiger partial charge in [0.15, 0.2) is 0 Å². The Morgan fingerprint density at radius 1 is 1.32 bits per heavy atom. The second-order valence-corrected chi connectivity index (χ2v) is 5.60. The molecule has 1 amide bonds. The van der Waals surface area contributed by atoms with Gasteiger partial charge < -0.3 is 5.32 Å². The molecule has 1 heterocycles. The highest BCUT2D eigenvalue weighted by atomic mass is 16.1. The summed E-state index contributed by atoms with van der Waals surface area (Å²) in [7, 11) is 0. The lowest BCUT2D eigenvalue weighted by atomic mass is 10.0. The highest BCUT2D eigenvalue weighted by Gasteiger charge is 2.06. The Morgan fingerprint density at radius 3 is 2.55 bits per heavy atom. The van der Waals surface area contributed by atoms with E-state index in [0.29, 0.717) is 5.92 Å². The molecule has 0 unspecified atom stereocenters. The summed E-state index contributed by atoms with van der Waals surface area (Å²) < 4.78 is 1.85. The molecule has 116 valence electrons. The summed E-state index contributed by atoms with van der Waals surface area (Å²) >= 11 is 0. The molecule has 0 bridgehead atoms. The molecule has 1 N–H and O–H groups in total. The van der Waals surface area contributed by atoms with Crippen LogP contribution in [0.1, 0.15) is 43.5 Å². The quantitative estimate of drug-likeness (QED) is 0.848. The van der Waals surface area contributed by atoms with Gasteiger partial charge >= 0.3 is 0 Å². The van der Waals surface area contributed by atoms with E-state index in [4.69, 9.17) is 0 Å². The van der Waals surface area contributed by atoms with Crippen LogP contribution in [0.25, 0.3) is 6.08 Å². The molecular formula is C18H23N3O. The molecule has 1 aromatic heterocycles. The highest BCUT2D eigenvalue weighted by molar-refractivity contribution is 6.02. The van der Waals surface area contributed by atoms with Crippen LogP contribution in [0.5, 0.6) is 0 Å². The predicted octanol–water partition coefficient (Wildman–Crippen LogP) is 3.99. The van der Waals surface area contributed by atoms with Crippen molar-refractivity contribution in [1.29, 1.82) is 0 Å². The fraction of sp³-hybridized carbons (Fsp3) is 0.333. The monoisotopic (exact) mass is 297 g/mol. The number of rotatable bonds is 5. The van der Waals surface area contributed by atoms with Crippen LogP contribution in [0.2, 0.25) is 0 Å². The van der Waals surface area contributed by atoms with Gasteiger partial charge in [0.05, 0.1) is 17.6 Å². The Kier molecular flexibility index (Phi) is 5.15. The molecule has 2 aromatic rings. The maximum absolute atomic E-state index is 12.0. The molecule has 2 rings (SSSR count). The van der Waals surface area contributed by atoms with Crippen LogP contribution >= 0.6 is 0 Å². The number of carbonyl (C=O) groups is 1. The zero-order valence-corrected chi connectivity index (χ0v) is 13.6. The summed E-state index contributed by atoms with van der Waals surface area (Å²) in [6, 6.07) is 8.24. The van der Waals surface area contributed by atoms with Gasteiger partial charge in [-0.05, 0) is 37.0 Å². The third-order valence-electron chi connectivity index (χ3n) is 3.69. The molecule has 0 saturated carbocycles. The average Bonchev–Trinajstić information content (AvgIpc) is 2.86. The first-order valence-corrected chi connectivity index (χ1v) is 7.62. The molecule has 0 spiro atoms. The van der Waals surface area contributed by atoms with E-state index in [1.807, 2.05) is 36.7 Å². The first-order chi connectivity index (χ1) is 10.5. The van der Waals surface area contributed by atoms with E-state index in [0.717, 1.165) is 23.5 Å². The van der Waals surface area contributed by atoms with Crippen LogP contribution in [-0.2, 0) is 11.3 Å². The number of benzene rings is 1. The number of aromatic nitrogens is 2. The molecule has 0 atom stereocenters. The van der Waals surface area contributed by atoms with Gasteiger partial charge in [-0.25, -0.2) is 0 Å². The number of hydrogen-bond donors (Lipinski definition) is 1. The maximum atomic E-state index is 12.0. The number of aryl methyl sites for hydroxylation is 1. The third-order valence-corrected chi connectivity index (χ3v) is 3.69. The van der Waals surface area contributed by atoms with Crippen molar-refractivity contribution in [2.24, 2.45) is 0 Å². The van der Waals surface area contributed by atoms with E-state index < -0.39 is 0 Å². The van der Waals surface area contributed by atoms with Crippen molar-refractivity contribution in [3.63, 3.8) is 0 Å². The number of nitrogens with one attached hydrogen (secondary N) is 1. The van der Waals surface area contributed by atoms with Gasteiger partial charge in [-0.3, -0.25) is 9.48 Å². The highest BCUT2D eigenvalue weighted by Crippen LogP contribution is 2.16. The van der Waals surface area contributed by atoms with Gasteiger partial charge in [-0.2, -0.15) is 5.10 Å². The van der Waals surface area contributed by atoms with Gasteiger partial charge in [0, 0.05) is 12.6 Å². The van der Waals surface area contributed by atoms with Gasteiger partial charge in [0.1, 0.15) is 0 Å². The predicted molar refractivity (Wildman–Crippen MR) is 90.8 cm³/mol. The summed E-state index contributed by atoms with van der Waals surface area (Å²) in [4.78, 5) is 12.0. The molecule has 4 nitrogen and oxygen atoms in total. The van der Waals surface area contributed by atoms with Crippen molar-refractivity contribution >= 4 is 17.7 Å². The lowest BCUT2D eigenvalue weighted by Crippen LogP contribution is -2.09. The summed E-state index contributed by atoms with van der Waals surface area (Å²) in [5, 5.41) is 7.07. The van der Waals surface area contributed by atoms with E-state index in [1.54, 1.807) is 12.3 Å². The molecule has 4 heteroatoms. The van der Waals surface area contributed by atoms with Gasteiger partial charge in [-0.15, -0.1) is 0 Å². The molecule has 0 saturated heterocycles. The van der Waals surface area contributed by atoms with E-state index in [1.165, 1.54) is 5.56 Å². The Hall–Kier alpha value is -2.36. The molecule has 1 aromatic carbocycles. The molecule has 0 fully saturated rings. The first kappa shape index (κ1) is 16.0. The summed E-state index contributed by atoms with van der Waals surface area (Å²) in [5.74, 6) is 0.367. The van der Waals surface area contributed by atoms with E-state index in [-0.39, 0.29) is 5.91 Å². The number of anilines is 1. The van der Waals surface area contributed by atoms with Crippen LogP contribution in [-0.4, -0.2) is 15.7 Å². The number of carbonyl (C=O) groups excluding carboxylic acids is 1. The average molecular weight is 297 g/mol. The Labute approximate surface area is 131 Å². The minimum atomic E-state index is -0.147. The van der Waals surface area contributed by atoms with Crippen molar-refractivity contribution in [3.05, 3.63) is 53.4 Å². The Balaban J connectivity index is 2.00. The van der Waals surface area contributed by atoms with Crippen molar-refractivity contribution in [1.82, 2.24) is 9.78 Å². The van der Waals surface area contributed by atoms with Crippen molar-refractivity contribution in [3.8, 4) is 0 Å². The van der Waals surface area contributed by atoms with Crippen LogP contribution in [0, 0.1) is 6.92 Å². The lowest BCUT2D eigenvalue weighted by molar-refractivity contribution is -0.111. The van der Waals surface area contributed by atoms with Crippen LogP contribution in [0.3, 0.4) is 0 Å². The topological polar surface area (TPSA) is 46.9 Å². The second-order valence-electron chi connectivity index (χ2n) is 5.60. The van der Waals surface area contributed by atoms with Crippen molar-refractivity contribution in [2.75, 3.05) is 5.32 Å². The second kappa shape index (κ2) is 7.07. The fourth-order valence-corrected chi connectivity index (χ4v) is 2.23. The fourth-order valence-electron chi connectivity index (χ4n) is 2.23. The Morgan fingerprint density at radius 2 is 2.00 bits per heavy atom. The van der Waals surface area contributed by atoms with Crippen LogP contribution < -0.4 is 5.32 Å². The minimum absolute atomic E-state index is 0.147. The van der Waals surface area contributed by atoms with Crippen LogP contribution in [0.4, 0.5) is 5.69 Å². The summed E-state index contributed by atoms with van der Waals surface area (Å²) in [6.45, 7) is 9.08. The van der Waals surface area contributed by atoms with E-state index in [9.17, 15) is 4.79 Å². The largest absolute Gasteiger partial charge is 0.320 e. The maximum Gasteiger partial charge on any atom is 0.248 e. The zero-order valence-electron chi connectivity index (χ0n) is 13.6. The van der Waals surface area contributed by atoms with E-state index in [2.05, 4.69) is 36.4 Å². The molecule has 0 aliphatic rings. The number of hydrogen-bond acceptors (Lipinski definition) is 2. The molecule has 0 aliphatic heterocycles. The number of amides is 1. The number of nitrogens with zero attached hydrogens (tertiary/aromatic N) is 2. The van der Waals surface area contributed by atoms with Crippen molar-refractivity contribution in [2.45, 2.75) is 40.2 Å². The molecule has 0 aliphatic carbocycles. The lowest BCUT2D eigenvalue weighted by Gasteiger charge is -2.05. The molecule has 22 heavy (non-hydrogen) atoms. The van der Waals surface area contributed by atoms with Gasteiger partial charge in [0.25, 0.3) is 0 Å². The van der Waals surface area contributed by atoms with Crippen LogP contribution in [0.15, 0.2) is 36.5 Å². The molecule has 0 radical (unpaired) electrons. The summed E-state index contributed by atoms with van der Waals surface area (Å²) in [6.07, 6.45) is 5.05. The van der Waals surface area contributed by atoms with Gasteiger partial charge in [-0.1, -0.05) is 38.1 Å². The smallest absolute Gasteiger partial charge is 0.248 e. The van der Waals surface area contributed by atoms with Gasteiger partial charge in [0.2, 0.25) is 5.91 Å².